The van der Waals surface area contributed by atoms with Gasteiger partial charge in [0.05, 0.1) is 24.0 Å². The van der Waals surface area contributed by atoms with Crippen molar-refractivity contribution in [1.29, 1.82) is 0 Å². The molecule has 1 aromatic carbocycles. The van der Waals surface area contributed by atoms with E-state index in [-0.39, 0.29) is 12.1 Å². The summed E-state index contributed by atoms with van der Waals surface area (Å²) in [6.07, 6.45) is -4.20. The quantitative estimate of drug-likeness (QED) is 0.854. The Kier molecular flexibility index (Phi) is 5.51. The molecule has 0 spiro atoms. The van der Waals surface area contributed by atoms with Crippen LogP contribution >= 0.6 is 0 Å². The molecule has 0 aliphatic rings. The molecule has 23 heavy (non-hydrogen) atoms. The number of rotatable bonds is 6. The molecular formula is C15H16F3N3O2. The van der Waals surface area contributed by atoms with E-state index in [1.54, 1.807) is 6.07 Å². The number of methoxy groups -OCH3 is 1. The van der Waals surface area contributed by atoms with Crippen molar-refractivity contribution in [3.8, 4) is 0 Å². The molecule has 2 aromatic rings. The van der Waals surface area contributed by atoms with Gasteiger partial charge in [-0.15, -0.1) is 0 Å². The highest BCUT2D eigenvalue weighted by molar-refractivity contribution is 5.36. The van der Waals surface area contributed by atoms with Crippen LogP contribution in [-0.4, -0.2) is 28.7 Å². The molecule has 0 aliphatic carbocycles. The third-order valence-corrected chi connectivity index (χ3v) is 3.09. The second-order valence-corrected chi connectivity index (χ2v) is 4.85. The van der Waals surface area contributed by atoms with Crippen LogP contribution in [0.15, 0.2) is 36.7 Å². The normalized spacial score (nSPS) is 12.9. The summed E-state index contributed by atoms with van der Waals surface area (Å²) in [4.78, 5) is 7.96. The molecule has 0 fully saturated rings. The van der Waals surface area contributed by atoms with Crippen LogP contribution < -0.4 is 5.32 Å². The molecule has 0 amide bonds. The minimum Gasteiger partial charge on any atom is -0.387 e. The number of ether oxygens (including phenoxy) is 1. The fourth-order valence-electron chi connectivity index (χ4n) is 1.96. The van der Waals surface area contributed by atoms with E-state index in [2.05, 4.69) is 15.3 Å². The van der Waals surface area contributed by atoms with Crippen molar-refractivity contribution in [3.63, 3.8) is 0 Å². The number of hydrogen-bond donors (Lipinski definition) is 2. The summed E-state index contributed by atoms with van der Waals surface area (Å²) in [5, 5.41) is 12.9. The first kappa shape index (κ1) is 17.2. The molecule has 0 aliphatic heterocycles. The van der Waals surface area contributed by atoms with Crippen LogP contribution in [0.4, 0.5) is 19.0 Å². The fourth-order valence-corrected chi connectivity index (χ4v) is 1.96. The van der Waals surface area contributed by atoms with Gasteiger partial charge in [0.25, 0.3) is 0 Å². The third kappa shape index (κ3) is 4.90. The highest BCUT2D eigenvalue weighted by atomic mass is 19.4. The molecule has 0 saturated heterocycles. The zero-order valence-corrected chi connectivity index (χ0v) is 12.3. The minimum atomic E-state index is -4.44. The zero-order chi connectivity index (χ0) is 16.9. The third-order valence-electron chi connectivity index (χ3n) is 3.09. The highest BCUT2D eigenvalue weighted by Crippen LogP contribution is 2.30. The monoisotopic (exact) mass is 327 g/mol. The van der Waals surface area contributed by atoms with Gasteiger partial charge in [-0.2, -0.15) is 13.2 Å². The first-order chi connectivity index (χ1) is 10.9. The van der Waals surface area contributed by atoms with E-state index in [4.69, 9.17) is 4.74 Å². The summed E-state index contributed by atoms with van der Waals surface area (Å²) in [6.45, 7) is 0.331. The minimum absolute atomic E-state index is 0.0186. The summed E-state index contributed by atoms with van der Waals surface area (Å²) in [5.41, 5.74) is 0.0375. The van der Waals surface area contributed by atoms with E-state index >= 15 is 0 Å². The van der Waals surface area contributed by atoms with Gasteiger partial charge in [-0.25, -0.2) is 9.97 Å². The molecule has 8 heteroatoms. The molecule has 124 valence electrons. The number of anilines is 1. The summed E-state index contributed by atoms with van der Waals surface area (Å²) in [7, 11) is 1.53. The summed E-state index contributed by atoms with van der Waals surface area (Å²) < 4.78 is 43.0. The van der Waals surface area contributed by atoms with Crippen LogP contribution in [0, 0.1) is 0 Å². The Hall–Kier alpha value is -2.19. The van der Waals surface area contributed by atoms with Gasteiger partial charge in [0.2, 0.25) is 0 Å². The molecule has 2 rings (SSSR count). The second-order valence-electron chi connectivity index (χ2n) is 4.85. The predicted molar refractivity (Wildman–Crippen MR) is 77.6 cm³/mol. The van der Waals surface area contributed by atoms with E-state index in [1.807, 2.05) is 0 Å². The van der Waals surface area contributed by atoms with Crippen LogP contribution in [-0.2, 0) is 17.5 Å². The SMILES string of the molecule is COCc1cc(NC[C@@H](O)c2cccc(C(F)(F)F)c2)ncn1. The molecule has 1 heterocycles. The zero-order valence-electron chi connectivity index (χ0n) is 12.3. The van der Waals surface area contributed by atoms with Crippen LogP contribution in [0.3, 0.4) is 0 Å². The van der Waals surface area contributed by atoms with Gasteiger partial charge in [0.15, 0.2) is 0 Å². The first-order valence-electron chi connectivity index (χ1n) is 6.79. The van der Waals surface area contributed by atoms with Crippen molar-refractivity contribution in [2.75, 3.05) is 19.0 Å². The van der Waals surface area contributed by atoms with Gasteiger partial charge in [-0.05, 0) is 17.7 Å². The standard InChI is InChI=1S/C15H16F3N3O2/c1-23-8-12-6-14(21-9-20-12)19-7-13(22)10-3-2-4-11(5-10)15(16,17)18/h2-6,9,13,22H,7-8H2,1H3,(H,19,20,21)/t13-/m1/s1. The molecule has 0 radical (unpaired) electrons. The number of nitrogens with one attached hydrogen (secondary N) is 1. The van der Waals surface area contributed by atoms with E-state index < -0.39 is 17.8 Å². The Morgan fingerprint density at radius 2 is 2.04 bits per heavy atom. The molecule has 1 atom stereocenters. The average molecular weight is 327 g/mol. The van der Waals surface area contributed by atoms with Crippen LogP contribution in [0.25, 0.3) is 0 Å². The van der Waals surface area contributed by atoms with E-state index in [1.165, 1.54) is 25.6 Å². The van der Waals surface area contributed by atoms with Crippen LogP contribution in [0.2, 0.25) is 0 Å². The van der Waals surface area contributed by atoms with Crippen molar-refractivity contribution in [3.05, 3.63) is 53.5 Å². The maximum Gasteiger partial charge on any atom is 0.416 e. The fraction of sp³-hybridized carbons (Fsp3) is 0.333. The van der Waals surface area contributed by atoms with Gasteiger partial charge >= 0.3 is 6.18 Å². The van der Waals surface area contributed by atoms with E-state index in [0.29, 0.717) is 18.1 Å². The lowest BCUT2D eigenvalue weighted by molar-refractivity contribution is -0.137. The van der Waals surface area contributed by atoms with Gasteiger partial charge < -0.3 is 15.2 Å². The number of benzene rings is 1. The Bertz CT molecular complexity index is 650. The van der Waals surface area contributed by atoms with Gasteiger partial charge in [0, 0.05) is 19.7 Å². The Balaban J connectivity index is 2.02. The Morgan fingerprint density at radius 1 is 1.26 bits per heavy atom. The predicted octanol–water partition coefficient (Wildman–Crippen LogP) is 2.79. The first-order valence-corrected chi connectivity index (χ1v) is 6.79. The maximum absolute atomic E-state index is 12.7. The molecule has 0 unspecified atom stereocenters. The smallest absolute Gasteiger partial charge is 0.387 e. The lowest BCUT2D eigenvalue weighted by Crippen LogP contribution is -2.14. The number of aromatic nitrogens is 2. The molecule has 0 saturated carbocycles. The molecule has 2 N–H and O–H groups in total. The lowest BCUT2D eigenvalue weighted by Gasteiger charge is -2.15. The molecule has 0 bridgehead atoms. The largest absolute Gasteiger partial charge is 0.416 e. The van der Waals surface area contributed by atoms with E-state index in [0.717, 1.165) is 12.1 Å². The van der Waals surface area contributed by atoms with Gasteiger partial charge in [0.1, 0.15) is 12.1 Å². The molecule has 5 nitrogen and oxygen atoms in total. The number of hydrogen-bond acceptors (Lipinski definition) is 5. The number of aliphatic hydroxyl groups is 1. The van der Waals surface area contributed by atoms with E-state index in [9.17, 15) is 18.3 Å². The topological polar surface area (TPSA) is 67.3 Å². The molecular weight excluding hydrogens is 311 g/mol. The van der Waals surface area contributed by atoms with Crippen molar-refractivity contribution < 1.29 is 23.0 Å². The van der Waals surface area contributed by atoms with Gasteiger partial charge in [-0.1, -0.05) is 12.1 Å². The average Bonchev–Trinajstić information content (AvgIpc) is 2.53. The summed E-state index contributed by atoms with van der Waals surface area (Å²) in [6, 6.07) is 6.25. The van der Waals surface area contributed by atoms with Crippen LogP contribution in [0.5, 0.6) is 0 Å². The highest BCUT2D eigenvalue weighted by Gasteiger charge is 2.30. The van der Waals surface area contributed by atoms with Crippen LogP contribution in [0.1, 0.15) is 22.9 Å². The summed E-state index contributed by atoms with van der Waals surface area (Å²) >= 11 is 0. The summed E-state index contributed by atoms with van der Waals surface area (Å²) in [5.74, 6) is 0.457. The number of alkyl halides is 3. The van der Waals surface area contributed by atoms with Gasteiger partial charge in [-0.3, -0.25) is 0 Å². The Morgan fingerprint density at radius 3 is 2.74 bits per heavy atom. The maximum atomic E-state index is 12.7. The van der Waals surface area contributed by atoms with Crippen molar-refractivity contribution in [1.82, 2.24) is 9.97 Å². The number of halogens is 3. The van der Waals surface area contributed by atoms with Crippen molar-refractivity contribution in [2.45, 2.75) is 18.9 Å². The number of nitrogens with zero attached hydrogens (tertiary/aromatic N) is 2. The molecule has 1 aromatic heterocycles. The van der Waals surface area contributed by atoms with Crippen molar-refractivity contribution >= 4 is 5.82 Å². The lowest BCUT2D eigenvalue weighted by atomic mass is 10.1. The second kappa shape index (κ2) is 7.38. The number of aliphatic hydroxyl groups excluding tert-OH is 1. The Labute approximate surface area is 131 Å². The van der Waals surface area contributed by atoms with Crippen molar-refractivity contribution in [2.24, 2.45) is 0 Å².